The second-order valence-electron chi connectivity index (χ2n) is 13.2. The highest BCUT2D eigenvalue weighted by molar-refractivity contribution is 7.86. The average molecular weight is 717 g/mol. The molecule has 51 heavy (non-hydrogen) atoms. The highest BCUT2D eigenvalue weighted by atomic mass is 32.2. The zero-order valence-corrected chi connectivity index (χ0v) is 30.9. The van der Waals surface area contributed by atoms with Crippen LogP contribution in [0.2, 0.25) is 0 Å². The van der Waals surface area contributed by atoms with Crippen molar-refractivity contribution in [3.05, 3.63) is 88.0 Å². The van der Waals surface area contributed by atoms with Crippen molar-refractivity contribution in [2.75, 3.05) is 62.7 Å². The van der Waals surface area contributed by atoms with E-state index in [1.165, 1.54) is 24.3 Å². The molecule has 4 aliphatic heterocycles. The molecule has 0 fully saturated rings. The molecule has 0 aliphatic carbocycles. The van der Waals surface area contributed by atoms with Gasteiger partial charge in [-0.15, -0.1) is 0 Å². The van der Waals surface area contributed by atoms with Crippen LogP contribution < -0.4 is 28.4 Å². The Morgan fingerprint density at radius 1 is 0.667 bits per heavy atom. The van der Waals surface area contributed by atoms with Gasteiger partial charge in [0.1, 0.15) is 10.6 Å². The van der Waals surface area contributed by atoms with Crippen LogP contribution in [0.25, 0.3) is 0 Å². The second kappa shape index (κ2) is 13.9. The number of likely N-dealkylation sites (N-methyl/N-ethyl adjacent to an activating group) is 2. The van der Waals surface area contributed by atoms with E-state index >= 15 is 0 Å². The Balaban J connectivity index is 1.52. The van der Waals surface area contributed by atoms with Crippen LogP contribution in [0.5, 0.6) is 46.0 Å². The lowest BCUT2D eigenvalue weighted by Gasteiger charge is -2.37. The molecule has 6 bridgehead atoms. The van der Waals surface area contributed by atoms with Crippen LogP contribution in [0.1, 0.15) is 45.5 Å². The van der Waals surface area contributed by atoms with E-state index in [-0.39, 0.29) is 29.1 Å². The topological polar surface area (TPSA) is 105 Å². The smallest absolute Gasteiger partial charge is 0.297 e. The summed E-state index contributed by atoms with van der Waals surface area (Å²) in [5, 5.41) is 0. The minimum atomic E-state index is -4.15. The van der Waals surface area contributed by atoms with Crippen LogP contribution in [-0.4, -0.2) is 81.0 Å². The van der Waals surface area contributed by atoms with Gasteiger partial charge in [-0.2, -0.15) is 8.42 Å². The van der Waals surface area contributed by atoms with Crippen molar-refractivity contribution >= 4 is 10.1 Å². The van der Waals surface area contributed by atoms with Gasteiger partial charge in [0.25, 0.3) is 10.1 Å². The Hall–Kier alpha value is -4.49. The summed E-state index contributed by atoms with van der Waals surface area (Å²) in [6.45, 7) is 1.62. The van der Waals surface area contributed by atoms with Gasteiger partial charge in [-0.1, -0.05) is 12.1 Å². The monoisotopic (exact) mass is 716 g/mol. The molecule has 0 spiro atoms. The summed E-state index contributed by atoms with van der Waals surface area (Å²) in [6.07, 6.45) is 2.61. The predicted molar refractivity (Wildman–Crippen MR) is 192 cm³/mol. The fourth-order valence-electron chi connectivity index (χ4n) is 7.64. The molecule has 2 atom stereocenters. The standard InChI is InChI=1S/C39H44N2O9S/c1-40-14-12-24-18-31(44-3)34-21-28(24)29(40)16-23-8-10-27(11-9-23)49-33-20-26(36(22-32(33)45-4)51(42,43)48-7)17-30-37-25(13-15-41(30)2)19-35(46-5)38(47-6)39(37)50-34/h8-11,18-22,29-30H,12-17H2,1-7H3/t29-,30-/m1/s1. The molecule has 0 unspecified atom stereocenters. The van der Waals surface area contributed by atoms with E-state index < -0.39 is 10.1 Å². The third-order valence-electron chi connectivity index (χ3n) is 10.4. The van der Waals surface area contributed by atoms with Crippen molar-refractivity contribution in [3.8, 4) is 46.0 Å². The number of nitrogens with zero attached hydrogens (tertiary/aromatic N) is 2. The fourth-order valence-corrected chi connectivity index (χ4v) is 8.53. The van der Waals surface area contributed by atoms with Gasteiger partial charge in [-0.3, -0.25) is 14.0 Å². The lowest BCUT2D eigenvalue weighted by Crippen LogP contribution is -2.34. The molecule has 11 nitrogen and oxygen atoms in total. The van der Waals surface area contributed by atoms with Crippen molar-refractivity contribution in [2.24, 2.45) is 0 Å². The molecule has 0 radical (unpaired) electrons. The normalized spacial score (nSPS) is 18.8. The van der Waals surface area contributed by atoms with E-state index in [1.807, 2.05) is 25.2 Å². The Labute approximate surface area is 299 Å². The SMILES string of the molecule is COc1cc(S(=O)(=O)OC)c2cc1Oc1ccc(cc1)C[C@@H]1c3cc(c(OC)cc3CCN1C)Oc1c(OC)c(OC)cc3c1[C@@H](C2)N(C)CC3. The fraction of sp³-hybridized carbons (Fsp3) is 0.385. The second-order valence-corrected chi connectivity index (χ2v) is 14.9. The number of hydrogen-bond donors (Lipinski definition) is 0. The molecule has 0 saturated carbocycles. The summed E-state index contributed by atoms with van der Waals surface area (Å²) in [5.41, 5.74) is 5.88. The summed E-state index contributed by atoms with van der Waals surface area (Å²) in [5.74, 6) is 3.87. The molecule has 4 heterocycles. The summed E-state index contributed by atoms with van der Waals surface area (Å²) in [7, 11) is 7.51. The van der Waals surface area contributed by atoms with Crippen molar-refractivity contribution < 1.29 is 41.0 Å². The quantitative estimate of drug-likeness (QED) is 0.204. The third-order valence-corrected chi connectivity index (χ3v) is 11.8. The van der Waals surface area contributed by atoms with Crippen molar-refractivity contribution in [1.29, 1.82) is 0 Å². The molecule has 270 valence electrons. The van der Waals surface area contributed by atoms with E-state index in [0.717, 1.165) is 43.2 Å². The summed E-state index contributed by atoms with van der Waals surface area (Å²) < 4.78 is 68.9. The number of methoxy groups -OCH3 is 4. The first kappa shape index (κ1) is 34.9. The molecular weight excluding hydrogens is 673 g/mol. The van der Waals surface area contributed by atoms with Crippen molar-refractivity contribution in [3.63, 3.8) is 0 Å². The largest absolute Gasteiger partial charge is 0.493 e. The molecule has 0 amide bonds. The van der Waals surface area contributed by atoms with E-state index in [1.54, 1.807) is 27.4 Å². The number of benzene rings is 4. The summed E-state index contributed by atoms with van der Waals surface area (Å²) in [4.78, 5) is 4.57. The Morgan fingerprint density at radius 2 is 1.29 bits per heavy atom. The molecule has 0 saturated heterocycles. The first-order valence-electron chi connectivity index (χ1n) is 16.9. The van der Waals surface area contributed by atoms with Gasteiger partial charge >= 0.3 is 0 Å². The van der Waals surface area contributed by atoms with Gasteiger partial charge in [0.15, 0.2) is 34.5 Å². The van der Waals surface area contributed by atoms with Gasteiger partial charge < -0.3 is 28.4 Å². The maximum Gasteiger partial charge on any atom is 0.297 e. The van der Waals surface area contributed by atoms with E-state index in [0.29, 0.717) is 58.8 Å². The van der Waals surface area contributed by atoms with Gasteiger partial charge in [0.05, 0.1) is 35.5 Å². The molecule has 0 N–H and O–H groups in total. The van der Waals surface area contributed by atoms with Crippen LogP contribution >= 0.6 is 0 Å². The number of rotatable bonds is 6. The average Bonchev–Trinajstić information content (AvgIpc) is 3.13. The van der Waals surface area contributed by atoms with E-state index in [9.17, 15) is 8.42 Å². The molecule has 0 aromatic heterocycles. The predicted octanol–water partition coefficient (Wildman–Crippen LogP) is 6.50. The summed E-state index contributed by atoms with van der Waals surface area (Å²) >= 11 is 0. The Morgan fingerprint density at radius 3 is 1.96 bits per heavy atom. The van der Waals surface area contributed by atoms with Crippen LogP contribution in [-0.2, 0) is 40.0 Å². The highest BCUT2D eigenvalue weighted by Gasteiger charge is 2.36. The molecule has 12 heteroatoms. The van der Waals surface area contributed by atoms with E-state index in [2.05, 4.69) is 41.1 Å². The minimum absolute atomic E-state index is 0.00561. The lowest BCUT2D eigenvalue weighted by molar-refractivity contribution is 0.219. The van der Waals surface area contributed by atoms with Gasteiger partial charge in [0.2, 0.25) is 5.75 Å². The zero-order chi connectivity index (χ0) is 36.0. The zero-order valence-electron chi connectivity index (χ0n) is 30.1. The van der Waals surface area contributed by atoms with Crippen LogP contribution in [0.4, 0.5) is 0 Å². The van der Waals surface area contributed by atoms with Gasteiger partial charge in [-0.25, -0.2) is 0 Å². The Kier molecular flexibility index (Phi) is 9.53. The van der Waals surface area contributed by atoms with Gasteiger partial charge in [-0.05, 0) is 104 Å². The minimum Gasteiger partial charge on any atom is -0.493 e. The third kappa shape index (κ3) is 6.35. The maximum absolute atomic E-state index is 13.5. The number of ether oxygens (including phenoxy) is 6. The van der Waals surface area contributed by atoms with Crippen LogP contribution in [0, 0.1) is 0 Å². The molecule has 8 rings (SSSR count). The molecule has 4 aromatic carbocycles. The van der Waals surface area contributed by atoms with Crippen LogP contribution in [0.15, 0.2) is 59.5 Å². The first-order valence-corrected chi connectivity index (χ1v) is 18.3. The van der Waals surface area contributed by atoms with Gasteiger partial charge in [0, 0.05) is 36.8 Å². The van der Waals surface area contributed by atoms with Crippen LogP contribution in [0.3, 0.4) is 0 Å². The molecular formula is C39H44N2O9S. The number of fused-ring (bicyclic) bond motifs is 2. The number of hydrogen-bond acceptors (Lipinski definition) is 11. The lowest BCUT2D eigenvalue weighted by atomic mass is 9.87. The highest BCUT2D eigenvalue weighted by Crippen LogP contribution is 2.52. The van der Waals surface area contributed by atoms with Crippen molar-refractivity contribution in [1.82, 2.24) is 9.80 Å². The molecule has 4 aromatic rings. The summed E-state index contributed by atoms with van der Waals surface area (Å²) in [6, 6.07) is 17.1. The van der Waals surface area contributed by atoms with Crippen molar-refractivity contribution in [2.45, 2.75) is 42.7 Å². The maximum atomic E-state index is 13.5. The van der Waals surface area contributed by atoms with E-state index in [4.69, 9.17) is 32.6 Å². The Bertz CT molecular complexity index is 2070. The first-order chi connectivity index (χ1) is 24.6. The molecule has 4 aliphatic rings.